The quantitative estimate of drug-likeness (QED) is 0.149. The number of pyridine rings is 4. The number of hydrogen-bond acceptors (Lipinski definition) is 8. The van der Waals surface area contributed by atoms with E-state index < -0.39 is 0 Å². The van der Waals surface area contributed by atoms with Gasteiger partial charge in [0.2, 0.25) is 0 Å². The Balaban J connectivity index is 0.0000000847. The average Bonchev–Trinajstić information content (AvgIpc) is 1.36. The Morgan fingerprint density at radius 3 is 0.982 bits per heavy atom. The summed E-state index contributed by atoms with van der Waals surface area (Å²) in [5.41, 5.74) is 60.4. The minimum Gasteiger partial charge on any atom is -0.309 e. The van der Waals surface area contributed by atoms with E-state index in [1.54, 1.807) is 0 Å². The fourth-order valence-corrected chi connectivity index (χ4v) is 21.6. The number of fused-ring (bicyclic) bond motifs is 32. The molecule has 12 aromatic carbocycles. The molecule has 16 aromatic rings. The number of rotatable bonds is 0. The van der Waals surface area contributed by atoms with Gasteiger partial charge in [-0.15, -0.1) is 0 Å². The SMILES string of the molecule is c1ccc2c(c1)Cc1c-2cc2c3c1Cc1ccccc1N3c1cccnc1C2.c1ccc2c(c1)Cc1c-2cc2c3c1Cc1ccccc1N3c1ccncc1C2.c1ccc2c(c1)Cc1c-2cc2c3c1Cc1ccccc1N3c1cnccc1C2.c1ccc2c(c1)Cc1c-2cc2c3c1Cc1ccccc1N3c1ncccc1C2. The minimum atomic E-state index is 0.909. The molecule has 0 radical (unpaired) electrons. The topological polar surface area (TPSA) is 64.5 Å². The van der Waals surface area contributed by atoms with Gasteiger partial charge >= 0.3 is 0 Å². The second kappa shape index (κ2) is 24.0. The number of aromatic nitrogens is 4. The maximum atomic E-state index is 4.80. The van der Waals surface area contributed by atoms with Gasteiger partial charge in [0.25, 0.3) is 0 Å². The molecule has 8 nitrogen and oxygen atoms in total. The van der Waals surface area contributed by atoms with Gasteiger partial charge in [-0.2, -0.15) is 0 Å². The summed E-state index contributed by atoms with van der Waals surface area (Å²) in [6.07, 6.45) is 23.8. The summed E-state index contributed by atoms with van der Waals surface area (Å²) >= 11 is 0. The van der Waals surface area contributed by atoms with Crippen molar-refractivity contribution in [2.45, 2.75) is 77.0 Å². The molecule has 0 saturated heterocycles. The summed E-state index contributed by atoms with van der Waals surface area (Å²) < 4.78 is 0. The molecule has 8 heteroatoms. The second-order valence-corrected chi connectivity index (χ2v) is 32.1. The first kappa shape index (κ1) is 62.3. The molecule has 0 fully saturated rings. The molecule has 12 aliphatic rings. The zero-order valence-corrected chi connectivity index (χ0v) is 61.8. The lowest BCUT2D eigenvalue weighted by atomic mass is 9.83. The smallest absolute Gasteiger partial charge is 0.141 e. The molecule has 112 heavy (non-hydrogen) atoms. The molecule has 4 aliphatic carbocycles. The van der Waals surface area contributed by atoms with E-state index >= 15 is 0 Å². The zero-order valence-electron chi connectivity index (χ0n) is 61.8. The van der Waals surface area contributed by atoms with Crippen molar-refractivity contribution < 1.29 is 0 Å². The van der Waals surface area contributed by atoms with Crippen molar-refractivity contribution in [3.63, 3.8) is 0 Å². The van der Waals surface area contributed by atoms with Gasteiger partial charge in [-0.25, -0.2) is 4.98 Å². The fourth-order valence-electron chi connectivity index (χ4n) is 21.6. The van der Waals surface area contributed by atoms with Crippen LogP contribution < -0.4 is 19.6 Å². The van der Waals surface area contributed by atoms with Crippen LogP contribution in [0.3, 0.4) is 0 Å². The van der Waals surface area contributed by atoms with Crippen molar-refractivity contribution in [3.05, 3.63) is 426 Å². The predicted molar refractivity (Wildman–Crippen MR) is 451 cm³/mol. The summed E-state index contributed by atoms with van der Waals surface area (Å²) in [4.78, 5) is 28.3. The average molecular weight is 1430 g/mol. The van der Waals surface area contributed by atoms with E-state index in [-0.39, 0.29) is 0 Å². The molecule has 8 aliphatic heterocycles. The Labute approximate surface area is 651 Å². The highest BCUT2D eigenvalue weighted by Crippen LogP contribution is 2.60. The van der Waals surface area contributed by atoms with Crippen LogP contribution in [-0.4, -0.2) is 19.9 Å². The Hall–Kier alpha value is -13.6. The fraction of sp³-hybridized carbons (Fsp3) is 0.115. The molecule has 28 rings (SSSR count). The van der Waals surface area contributed by atoms with Gasteiger partial charge in [-0.05, 0) is 277 Å². The van der Waals surface area contributed by atoms with Crippen LogP contribution in [0.2, 0.25) is 0 Å². The van der Waals surface area contributed by atoms with Crippen molar-refractivity contribution in [2.24, 2.45) is 0 Å². The third-order valence-electron chi connectivity index (χ3n) is 26.3. The van der Waals surface area contributed by atoms with E-state index in [0.29, 0.717) is 0 Å². The predicted octanol–water partition coefficient (Wildman–Crippen LogP) is 23.7. The highest BCUT2D eigenvalue weighted by Gasteiger charge is 2.42. The maximum absolute atomic E-state index is 4.80. The first-order chi connectivity index (χ1) is 55.5. The van der Waals surface area contributed by atoms with E-state index in [0.717, 1.165) is 82.9 Å². The molecule has 0 amide bonds. The Morgan fingerprint density at radius 1 is 0.188 bits per heavy atom. The van der Waals surface area contributed by atoms with Crippen LogP contribution in [0.4, 0.5) is 68.4 Å². The summed E-state index contributed by atoms with van der Waals surface area (Å²) in [7, 11) is 0. The molecule has 0 unspecified atom stereocenters. The molecule has 528 valence electrons. The van der Waals surface area contributed by atoms with Gasteiger partial charge in [0.15, 0.2) is 0 Å². The Morgan fingerprint density at radius 2 is 0.500 bits per heavy atom. The molecular weight excluding hydrogens is 1360 g/mol. The number of benzene rings is 12. The minimum absolute atomic E-state index is 0.909. The summed E-state index contributed by atoms with van der Waals surface area (Å²) in [5.74, 6) is 1.10. The van der Waals surface area contributed by atoms with Crippen LogP contribution in [0.5, 0.6) is 0 Å². The van der Waals surface area contributed by atoms with Gasteiger partial charge in [-0.3, -0.25) is 19.9 Å². The first-order valence-corrected chi connectivity index (χ1v) is 39.8. The summed E-state index contributed by atoms with van der Waals surface area (Å²) in [6, 6.07) is 93.7. The number of nitrogens with zero attached hydrogens (tertiary/aromatic N) is 8. The molecule has 0 bridgehead atoms. The van der Waals surface area contributed by atoms with Gasteiger partial charge in [0, 0.05) is 99.4 Å². The molecule has 0 saturated carbocycles. The Kier molecular flexibility index (Phi) is 13.3. The van der Waals surface area contributed by atoms with Crippen molar-refractivity contribution >= 4 is 68.4 Å². The first-order valence-electron chi connectivity index (χ1n) is 39.8. The van der Waals surface area contributed by atoms with E-state index in [1.807, 2.05) is 37.2 Å². The third-order valence-corrected chi connectivity index (χ3v) is 26.3. The van der Waals surface area contributed by atoms with Crippen LogP contribution in [0.1, 0.15) is 134 Å². The lowest BCUT2D eigenvalue weighted by Gasteiger charge is -2.40. The van der Waals surface area contributed by atoms with Gasteiger partial charge in [-0.1, -0.05) is 176 Å². The van der Waals surface area contributed by atoms with Crippen molar-refractivity contribution in [1.82, 2.24) is 19.9 Å². The van der Waals surface area contributed by atoms with E-state index in [2.05, 4.69) is 284 Å². The van der Waals surface area contributed by atoms with Crippen LogP contribution >= 0.6 is 0 Å². The van der Waals surface area contributed by atoms with Crippen molar-refractivity contribution in [2.75, 3.05) is 19.6 Å². The molecular formula is C104H72N8. The second-order valence-electron chi connectivity index (χ2n) is 32.1. The normalized spacial score (nSPS) is 14.6. The standard InChI is InChI=1S/4C26H18N2/c1-3-9-20-16(6-1)13-22-21(20)15-19-12-18-8-5-11-27-26(18)28-24-10-4-2-7-17(24)14-23(22)25(19)28;1-3-8-19-16(6-1)12-21-20(19)14-18-15-23-25(10-5-11-27-23)28-24-9-4-2-7-17(24)13-22(21)26(18)28;1-3-7-20-16(5-1)12-22-21(20)14-18-11-19-15-27-10-9-25(19)28-24-8-4-2-6-17(24)13-23(22)26(18)28;1-3-7-20-16(5-1)12-22-21(20)14-19-11-18-9-10-27-15-25(18)28-24-8-4-2-6-17(24)13-23(22)26(19)28/h1-11,15H,12-14H2;1-11,14H,12-13,15H2;2*1-10,14-15H,11-13H2. The van der Waals surface area contributed by atoms with Crippen LogP contribution in [-0.2, 0) is 77.0 Å². The number of hydrogen-bond donors (Lipinski definition) is 0. The van der Waals surface area contributed by atoms with Crippen molar-refractivity contribution in [1.29, 1.82) is 0 Å². The Bertz CT molecular complexity index is 5980. The lowest BCUT2D eigenvalue weighted by Crippen LogP contribution is -2.26. The molecule has 12 heterocycles. The molecule has 4 aromatic heterocycles. The van der Waals surface area contributed by atoms with Gasteiger partial charge in [0.1, 0.15) is 5.82 Å². The van der Waals surface area contributed by atoms with Gasteiger partial charge < -0.3 is 14.7 Å². The van der Waals surface area contributed by atoms with E-state index in [9.17, 15) is 0 Å². The van der Waals surface area contributed by atoms with Crippen LogP contribution in [0.25, 0.3) is 44.5 Å². The molecule has 0 N–H and O–H groups in total. The highest BCUT2D eigenvalue weighted by molar-refractivity contribution is 5.99. The number of anilines is 12. The third kappa shape index (κ3) is 9.12. The van der Waals surface area contributed by atoms with Crippen molar-refractivity contribution in [3.8, 4) is 44.5 Å². The molecule has 0 atom stereocenters. The lowest BCUT2D eigenvalue weighted by molar-refractivity contribution is 0.961. The number of para-hydroxylation sites is 4. The van der Waals surface area contributed by atoms with Gasteiger partial charge in [0.05, 0.1) is 57.4 Å². The maximum Gasteiger partial charge on any atom is 0.141 e. The van der Waals surface area contributed by atoms with E-state index in [4.69, 9.17) is 9.97 Å². The molecule has 0 spiro atoms. The van der Waals surface area contributed by atoms with E-state index in [1.165, 1.54) is 241 Å². The summed E-state index contributed by atoms with van der Waals surface area (Å²) in [6.45, 7) is 0. The zero-order chi connectivity index (χ0) is 73.0. The highest BCUT2D eigenvalue weighted by atomic mass is 15.2. The van der Waals surface area contributed by atoms with Crippen LogP contribution in [0, 0.1) is 0 Å². The largest absolute Gasteiger partial charge is 0.309 e. The summed E-state index contributed by atoms with van der Waals surface area (Å²) in [5, 5.41) is 0. The van der Waals surface area contributed by atoms with Crippen LogP contribution in [0.15, 0.2) is 292 Å². The monoisotopic (exact) mass is 1430 g/mol.